The Kier molecular flexibility index (Phi) is 9.77. The highest BCUT2D eigenvalue weighted by Crippen LogP contribution is 2.09. The number of rotatable bonds is 3. The van der Waals surface area contributed by atoms with Crippen LogP contribution in [0.15, 0.2) is 42.7 Å². The first-order chi connectivity index (χ1) is 9.81. The number of aldehydes is 1. The zero-order valence-electron chi connectivity index (χ0n) is 11.4. The van der Waals surface area contributed by atoms with Crippen molar-refractivity contribution in [2.24, 2.45) is 0 Å². The van der Waals surface area contributed by atoms with E-state index in [2.05, 4.69) is 9.97 Å². The van der Waals surface area contributed by atoms with Gasteiger partial charge in [0.05, 0.1) is 19.8 Å². The molecule has 0 amide bonds. The Morgan fingerprint density at radius 1 is 1.00 bits per heavy atom. The summed E-state index contributed by atoms with van der Waals surface area (Å²) in [6, 6.07) is 8.87. The van der Waals surface area contributed by atoms with E-state index in [1.165, 1.54) is 7.11 Å². The lowest BCUT2D eigenvalue weighted by molar-refractivity contribution is -0.0979. The van der Waals surface area contributed by atoms with Gasteiger partial charge in [-0.15, -0.1) is 0 Å². The van der Waals surface area contributed by atoms with E-state index in [-0.39, 0.29) is 0 Å². The van der Waals surface area contributed by atoms with E-state index in [0.29, 0.717) is 23.6 Å². The van der Waals surface area contributed by atoms with Gasteiger partial charge in [-0.1, -0.05) is 6.07 Å². The Balaban J connectivity index is 0.000000327. The molecule has 2 heterocycles. The molecule has 0 saturated heterocycles. The molecule has 0 spiro atoms. The van der Waals surface area contributed by atoms with Gasteiger partial charge < -0.3 is 14.3 Å². The quantitative estimate of drug-likeness (QED) is 0.795. The second kappa shape index (κ2) is 11.3. The van der Waals surface area contributed by atoms with Crippen LogP contribution in [-0.2, 0) is 4.79 Å². The lowest BCUT2D eigenvalue weighted by Gasteiger charge is -1.98. The highest BCUT2D eigenvalue weighted by atomic mass is 16.5. The van der Waals surface area contributed by atoms with Crippen molar-refractivity contribution in [2.75, 3.05) is 14.2 Å². The van der Waals surface area contributed by atoms with Gasteiger partial charge in [0.1, 0.15) is 6.79 Å². The fourth-order valence-corrected chi connectivity index (χ4v) is 1.13. The molecular weight excluding hydrogens is 260 g/mol. The first-order valence-corrected chi connectivity index (χ1v) is 5.50. The maximum Gasteiger partial charge on any atom is 0.223 e. The van der Waals surface area contributed by atoms with E-state index in [0.717, 1.165) is 0 Å². The molecule has 6 heteroatoms. The molecule has 20 heavy (non-hydrogen) atoms. The van der Waals surface area contributed by atoms with Crippen molar-refractivity contribution >= 4 is 13.1 Å². The van der Waals surface area contributed by atoms with Crippen LogP contribution in [0.2, 0.25) is 0 Å². The van der Waals surface area contributed by atoms with Crippen LogP contribution in [0.1, 0.15) is 10.4 Å². The summed E-state index contributed by atoms with van der Waals surface area (Å²) in [6.07, 6.45) is 3.98. The number of hydrogen-bond donors (Lipinski definition) is 0. The zero-order valence-corrected chi connectivity index (χ0v) is 11.4. The lowest BCUT2D eigenvalue weighted by atomic mass is 10.3. The lowest BCUT2D eigenvalue weighted by Crippen LogP contribution is -1.91. The van der Waals surface area contributed by atoms with Gasteiger partial charge in [-0.05, 0) is 18.2 Å². The number of carbonyl (C=O) groups is 2. The molecule has 0 aliphatic carbocycles. The van der Waals surface area contributed by atoms with E-state index in [1.54, 1.807) is 37.7 Å². The molecule has 106 valence electrons. The normalized spacial score (nSPS) is 8.10. The number of nitrogens with zero attached hydrogens (tertiary/aromatic N) is 2. The van der Waals surface area contributed by atoms with Crippen LogP contribution in [0.4, 0.5) is 0 Å². The molecule has 0 aliphatic heterocycles. The molecular formula is C14H16N2O4. The van der Waals surface area contributed by atoms with Crippen molar-refractivity contribution in [1.29, 1.82) is 0 Å². The van der Waals surface area contributed by atoms with Crippen molar-refractivity contribution in [3.8, 4) is 11.8 Å². The van der Waals surface area contributed by atoms with Gasteiger partial charge in [0.15, 0.2) is 6.29 Å². The standard InChI is InChI=1S/C7H7NO2.C6H7NO.CH2O/c1-10-7-6(5-9)3-2-4-8-7;1-8-6-4-2-3-5-7-6;1-2/h2-5H,1H3;2-5H,1H3;1H2. The molecule has 0 fully saturated rings. The maximum atomic E-state index is 10.3. The molecule has 0 unspecified atom stereocenters. The summed E-state index contributed by atoms with van der Waals surface area (Å²) in [7, 11) is 3.08. The van der Waals surface area contributed by atoms with E-state index in [9.17, 15) is 4.79 Å². The van der Waals surface area contributed by atoms with E-state index < -0.39 is 0 Å². The van der Waals surface area contributed by atoms with Crippen LogP contribution >= 0.6 is 0 Å². The number of hydrogen-bond acceptors (Lipinski definition) is 6. The molecule has 0 saturated carbocycles. The average Bonchev–Trinajstić information content (AvgIpc) is 2.57. The summed E-state index contributed by atoms with van der Waals surface area (Å²) in [5.41, 5.74) is 0.477. The molecule has 0 atom stereocenters. The summed E-state index contributed by atoms with van der Waals surface area (Å²) in [6.45, 7) is 2.00. The van der Waals surface area contributed by atoms with Crippen LogP contribution in [0, 0.1) is 0 Å². The topological polar surface area (TPSA) is 78.4 Å². The Hall–Kier alpha value is -2.76. The van der Waals surface area contributed by atoms with Crippen molar-refractivity contribution in [1.82, 2.24) is 9.97 Å². The molecule has 2 rings (SSSR count). The van der Waals surface area contributed by atoms with Crippen molar-refractivity contribution < 1.29 is 19.1 Å². The number of ether oxygens (including phenoxy) is 2. The maximum absolute atomic E-state index is 10.3. The molecule has 6 nitrogen and oxygen atoms in total. The molecule has 0 aromatic carbocycles. The summed E-state index contributed by atoms with van der Waals surface area (Å²) in [5, 5.41) is 0. The number of pyridine rings is 2. The minimum atomic E-state index is 0.373. The number of aromatic nitrogens is 2. The summed E-state index contributed by atoms with van der Waals surface area (Å²) in [4.78, 5) is 26.0. The van der Waals surface area contributed by atoms with Crippen LogP contribution in [-0.4, -0.2) is 37.3 Å². The van der Waals surface area contributed by atoms with Crippen LogP contribution in [0.25, 0.3) is 0 Å². The van der Waals surface area contributed by atoms with Crippen molar-refractivity contribution in [3.05, 3.63) is 48.3 Å². The zero-order chi connectivity index (χ0) is 15.2. The highest BCUT2D eigenvalue weighted by molar-refractivity contribution is 5.77. The molecule has 0 bridgehead atoms. The van der Waals surface area contributed by atoms with Gasteiger partial charge in [-0.25, -0.2) is 9.97 Å². The molecule has 0 aliphatic rings. The highest BCUT2D eigenvalue weighted by Gasteiger charge is 1.98. The van der Waals surface area contributed by atoms with Gasteiger partial charge in [0, 0.05) is 18.5 Å². The monoisotopic (exact) mass is 276 g/mol. The SMILES string of the molecule is C=O.COc1ccccn1.COc1ncccc1C=O. The molecule has 2 aromatic rings. The third kappa shape index (κ3) is 6.25. The number of carbonyl (C=O) groups excluding carboxylic acids is 2. The Morgan fingerprint density at radius 2 is 1.70 bits per heavy atom. The van der Waals surface area contributed by atoms with Gasteiger partial charge in [-0.3, -0.25) is 4.79 Å². The fourth-order valence-electron chi connectivity index (χ4n) is 1.13. The van der Waals surface area contributed by atoms with Crippen molar-refractivity contribution in [3.63, 3.8) is 0 Å². The van der Waals surface area contributed by atoms with Crippen LogP contribution < -0.4 is 9.47 Å². The molecule has 2 aromatic heterocycles. The first kappa shape index (κ1) is 17.2. The second-order valence-corrected chi connectivity index (χ2v) is 3.09. The van der Waals surface area contributed by atoms with Gasteiger partial charge >= 0.3 is 0 Å². The Morgan fingerprint density at radius 3 is 2.10 bits per heavy atom. The predicted molar refractivity (Wildman–Crippen MR) is 74.1 cm³/mol. The van der Waals surface area contributed by atoms with E-state index in [1.807, 2.05) is 18.9 Å². The largest absolute Gasteiger partial charge is 0.481 e. The third-order valence-corrected chi connectivity index (χ3v) is 1.97. The fraction of sp³-hybridized carbons (Fsp3) is 0.143. The van der Waals surface area contributed by atoms with E-state index >= 15 is 0 Å². The Bertz CT molecular complexity index is 492. The minimum Gasteiger partial charge on any atom is -0.481 e. The minimum absolute atomic E-state index is 0.373. The molecule has 0 N–H and O–H groups in total. The Labute approximate surface area is 117 Å². The smallest absolute Gasteiger partial charge is 0.223 e. The number of methoxy groups -OCH3 is 2. The first-order valence-electron chi connectivity index (χ1n) is 5.50. The summed E-state index contributed by atoms with van der Waals surface area (Å²) < 4.78 is 9.60. The van der Waals surface area contributed by atoms with Gasteiger partial charge in [0.25, 0.3) is 0 Å². The van der Waals surface area contributed by atoms with Gasteiger partial charge in [-0.2, -0.15) is 0 Å². The average molecular weight is 276 g/mol. The van der Waals surface area contributed by atoms with E-state index in [4.69, 9.17) is 14.3 Å². The summed E-state index contributed by atoms with van der Waals surface area (Å²) in [5.74, 6) is 1.03. The molecule has 0 radical (unpaired) electrons. The van der Waals surface area contributed by atoms with Gasteiger partial charge in [0.2, 0.25) is 11.8 Å². The van der Waals surface area contributed by atoms with Crippen LogP contribution in [0.5, 0.6) is 11.8 Å². The second-order valence-electron chi connectivity index (χ2n) is 3.09. The van der Waals surface area contributed by atoms with Crippen LogP contribution in [0.3, 0.4) is 0 Å². The van der Waals surface area contributed by atoms with Crippen molar-refractivity contribution in [2.45, 2.75) is 0 Å². The predicted octanol–water partition coefficient (Wildman–Crippen LogP) is 1.81. The summed E-state index contributed by atoms with van der Waals surface area (Å²) >= 11 is 0. The third-order valence-electron chi connectivity index (χ3n) is 1.97.